The fraction of sp³-hybridized carbons (Fsp3) is 1.00. The average molecular weight is 175 g/mol. The van der Waals surface area contributed by atoms with Gasteiger partial charge in [-0.1, -0.05) is 6.92 Å². The van der Waals surface area contributed by atoms with E-state index in [1.807, 2.05) is 11.9 Å². The van der Waals surface area contributed by atoms with Crippen molar-refractivity contribution >= 4 is 0 Å². The number of alkyl halides is 1. The van der Waals surface area contributed by atoms with Crippen LogP contribution in [0.3, 0.4) is 0 Å². The van der Waals surface area contributed by atoms with Crippen LogP contribution < -0.4 is 0 Å². The van der Waals surface area contributed by atoms with Gasteiger partial charge in [-0.25, -0.2) is 4.39 Å². The Kier molecular flexibility index (Phi) is 3.95. The van der Waals surface area contributed by atoms with Gasteiger partial charge in [-0.2, -0.15) is 0 Å². The van der Waals surface area contributed by atoms with Crippen LogP contribution in [-0.4, -0.2) is 43.9 Å². The second-order valence-corrected chi connectivity index (χ2v) is 3.43. The highest BCUT2D eigenvalue weighted by atomic mass is 19.1. The Morgan fingerprint density at radius 1 is 1.58 bits per heavy atom. The van der Waals surface area contributed by atoms with Gasteiger partial charge in [0, 0.05) is 13.2 Å². The third-order valence-corrected chi connectivity index (χ3v) is 2.38. The molecule has 0 unspecified atom stereocenters. The first-order chi connectivity index (χ1) is 5.75. The number of likely N-dealkylation sites (tertiary alicyclic amines) is 1. The summed E-state index contributed by atoms with van der Waals surface area (Å²) in [5.74, 6) is 0. The molecule has 0 aromatic carbocycles. The van der Waals surface area contributed by atoms with Crippen molar-refractivity contribution in [2.45, 2.75) is 32.0 Å². The van der Waals surface area contributed by atoms with Crippen molar-refractivity contribution < 1.29 is 9.13 Å². The molecule has 3 heteroatoms. The number of rotatable bonds is 4. The normalized spacial score (nSPS) is 31.2. The molecule has 72 valence electrons. The number of hydrogen-bond acceptors (Lipinski definition) is 2. The first-order valence-electron chi connectivity index (χ1n) is 4.67. The molecule has 1 aliphatic rings. The molecule has 1 saturated heterocycles. The lowest BCUT2D eigenvalue weighted by molar-refractivity contribution is 0.0637. The Morgan fingerprint density at radius 3 is 2.83 bits per heavy atom. The lowest BCUT2D eigenvalue weighted by Gasteiger charge is -2.20. The second-order valence-electron chi connectivity index (χ2n) is 3.43. The summed E-state index contributed by atoms with van der Waals surface area (Å²) in [4.78, 5) is 2.04. The Labute approximate surface area is 73.7 Å². The van der Waals surface area contributed by atoms with Crippen molar-refractivity contribution in [2.75, 3.05) is 26.8 Å². The molecule has 0 bridgehead atoms. The second kappa shape index (κ2) is 4.77. The molecule has 1 fully saturated rings. The van der Waals surface area contributed by atoms with Gasteiger partial charge in [0.05, 0.1) is 12.6 Å². The molecule has 0 radical (unpaired) electrons. The van der Waals surface area contributed by atoms with E-state index in [4.69, 9.17) is 4.74 Å². The van der Waals surface area contributed by atoms with Gasteiger partial charge in [-0.15, -0.1) is 0 Å². The summed E-state index contributed by atoms with van der Waals surface area (Å²) in [7, 11) is 1.96. The SMILES string of the molecule is CCCOC[C@@H]1[C@@H](F)CCN1C. The molecule has 0 saturated carbocycles. The van der Waals surface area contributed by atoms with Gasteiger partial charge in [-0.05, 0) is 19.9 Å². The predicted molar refractivity (Wildman–Crippen MR) is 47.0 cm³/mol. The highest BCUT2D eigenvalue weighted by Gasteiger charge is 2.31. The molecule has 0 N–H and O–H groups in total. The number of nitrogens with zero attached hydrogens (tertiary/aromatic N) is 1. The Hall–Kier alpha value is -0.150. The van der Waals surface area contributed by atoms with Gasteiger partial charge in [0.15, 0.2) is 0 Å². The van der Waals surface area contributed by atoms with E-state index < -0.39 is 6.17 Å². The zero-order valence-corrected chi connectivity index (χ0v) is 7.92. The van der Waals surface area contributed by atoms with E-state index >= 15 is 0 Å². The maximum absolute atomic E-state index is 13.1. The largest absolute Gasteiger partial charge is 0.380 e. The van der Waals surface area contributed by atoms with Gasteiger partial charge in [0.1, 0.15) is 6.17 Å². The van der Waals surface area contributed by atoms with Crippen LogP contribution in [0.25, 0.3) is 0 Å². The van der Waals surface area contributed by atoms with Crippen LogP contribution in [0.15, 0.2) is 0 Å². The highest BCUT2D eigenvalue weighted by Crippen LogP contribution is 2.19. The molecular weight excluding hydrogens is 157 g/mol. The molecule has 0 spiro atoms. The molecule has 2 nitrogen and oxygen atoms in total. The quantitative estimate of drug-likeness (QED) is 0.600. The summed E-state index contributed by atoms with van der Waals surface area (Å²) < 4.78 is 18.5. The number of likely N-dealkylation sites (N-methyl/N-ethyl adjacent to an activating group) is 1. The fourth-order valence-electron chi connectivity index (χ4n) is 1.54. The number of hydrogen-bond donors (Lipinski definition) is 0. The summed E-state index contributed by atoms with van der Waals surface area (Å²) >= 11 is 0. The van der Waals surface area contributed by atoms with E-state index in [-0.39, 0.29) is 6.04 Å². The topological polar surface area (TPSA) is 12.5 Å². The van der Waals surface area contributed by atoms with Crippen molar-refractivity contribution in [1.82, 2.24) is 4.90 Å². The standard InChI is InChI=1S/C9H18FNO/c1-3-6-12-7-9-8(10)4-5-11(9)2/h8-9H,3-7H2,1-2H3/t8-,9+/m0/s1. The minimum Gasteiger partial charge on any atom is -0.380 e. The monoisotopic (exact) mass is 175 g/mol. The third-order valence-electron chi connectivity index (χ3n) is 2.38. The minimum atomic E-state index is -0.688. The Morgan fingerprint density at radius 2 is 2.33 bits per heavy atom. The highest BCUT2D eigenvalue weighted by molar-refractivity contribution is 4.84. The van der Waals surface area contributed by atoms with Crippen LogP contribution in [0, 0.1) is 0 Å². The molecular formula is C9H18FNO. The summed E-state index contributed by atoms with van der Waals surface area (Å²) in [5.41, 5.74) is 0. The summed E-state index contributed by atoms with van der Waals surface area (Å²) in [5, 5.41) is 0. The van der Waals surface area contributed by atoms with Gasteiger partial charge in [0.2, 0.25) is 0 Å². The lowest BCUT2D eigenvalue weighted by Crippen LogP contribution is -2.34. The van der Waals surface area contributed by atoms with Crippen LogP contribution in [-0.2, 0) is 4.74 Å². The van der Waals surface area contributed by atoms with Crippen molar-refractivity contribution in [3.8, 4) is 0 Å². The van der Waals surface area contributed by atoms with Crippen LogP contribution in [0.1, 0.15) is 19.8 Å². The van der Waals surface area contributed by atoms with Crippen LogP contribution in [0.5, 0.6) is 0 Å². The van der Waals surface area contributed by atoms with Crippen LogP contribution in [0.4, 0.5) is 4.39 Å². The average Bonchev–Trinajstić information content (AvgIpc) is 2.35. The molecule has 1 rings (SSSR count). The molecule has 1 aliphatic heterocycles. The van der Waals surface area contributed by atoms with E-state index in [1.54, 1.807) is 0 Å². The Balaban J connectivity index is 2.20. The third kappa shape index (κ3) is 2.42. The summed E-state index contributed by atoms with van der Waals surface area (Å²) in [6.07, 6.45) is 0.983. The maximum atomic E-state index is 13.1. The minimum absolute atomic E-state index is 0.00319. The maximum Gasteiger partial charge on any atom is 0.119 e. The molecule has 0 aromatic rings. The van der Waals surface area contributed by atoms with Gasteiger partial charge < -0.3 is 4.74 Å². The van der Waals surface area contributed by atoms with Crippen molar-refractivity contribution in [1.29, 1.82) is 0 Å². The molecule has 12 heavy (non-hydrogen) atoms. The molecule has 0 aliphatic carbocycles. The van der Waals surface area contributed by atoms with E-state index in [2.05, 4.69) is 6.92 Å². The van der Waals surface area contributed by atoms with E-state index in [0.717, 1.165) is 19.6 Å². The zero-order valence-electron chi connectivity index (χ0n) is 7.92. The van der Waals surface area contributed by atoms with Crippen LogP contribution in [0.2, 0.25) is 0 Å². The summed E-state index contributed by atoms with van der Waals surface area (Å²) in [6, 6.07) is -0.00319. The zero-order chi connectivity index (χ0) is 8.97. The van der Waals surface area contributed by atoms with Gasteiger partial charge in [-0.3, -0.25) is 4.90 Å². The first-order valence-corrected chi connectivity index (χ1v) is 4.67. The van der Waals surface area contributed by atoms with Crippen molar-refractivity contribution in [2.24, 2.45) is 0 Å². The number of halogens is 1. The predicted octanol–water partition coefficient (Wildman–Crippen LogP) is 1.46. The van der Waals surface area contributed by atoms with E-state index in [1.165, 1.54) is 0 Å². The smallest absolute Gasteiger partial charge is 0.119 e. The van der Waals surface area contributed by atoms with E-state index in [9.17, 15) is 4.39 Å². The van der Waals surface area contributed by atoms with E-state index in [0.29, 0.717) is 13.0 Å². The molecule has 2 atom stereocenters. The fourth-order valence-corrected chi connectivity index (χ4v) is 1.54. The van der Waals surface area contributed by atoms with Crippen molar-refractivity contribution in [3.05, 3.63) is 0 Å². The van der Waals surface area contributed by atoms with Crippen molar-refractivity contribution in [3.63, 3.8) is 0 Å². The number of ether oxygens (including phenoxy) is 1. The molecule has 0 amide bonds. The lowest BCUT2D eigenvalue weighted by atomic mass is 10.2. The van der Waals surface area contributed by atoms with Gasteiger partial charge >= 0.3 is 0 Å². The van der Waals surface area contributed by atoms with Crippen LogP contribution >= 0.6 is 0 Å². The molecule has 0 aromatic heterocycles. The Bertz CT molecular complexity index is 122. The molecule has 1 heterocycles. The summed E-state index contributed by atoms with van der Waals surface area (Å²) in [6.45, 7) is 4.22. The first kappa shape index (κ1) is 9.93. The van der Waals surface area contributed by atoms with Gasteiger partial charge in [0.25, 0.3) is 0 Å².